The summed E-state index contributed by atoms with van der Waals surface area (Å²) in [6.45, 7) is 5.46. The van der Waals surface area contributed by atoms with Gasteiger partial charge >= 0.3 is 12.4 Å². The number of nitrogens with one attached hydrogen (secondary N) is 6. The number of benzene rings is 1. The normalized spacial score (nSPS) is 22.0. The Morgan fingerprint density at radius 3 is 2.15 bits per heavy atom. The summed E-state index contributed by atoms with van der Waals surface area (Å²) < 4.78 is 79.6. The SMILES string of the molecule is CC[C@H](NC(=O)C1(C(F)(F)F)CC1)C(=O)N[C@@H](CCCCNCC(F)(F)F)C(=O)N(C)[C@H]1CCCCNC(=O)[C@@H](CC)NC(=O)[C@H](Cc2cc(Cl)ccc2Cl)N(C)C(=O)[C@H](CC(C)C)NC1=O. The lowest BCUT2D eigenvalue weighted by Gasteiger charge is -2.35. The van der Waals surface area contributed by atoms with E-state index in [4.69, 9.17) is 23.2 Å². The number of rotatable bonds is 18. The van der Waals surface area contributed by atoms with Crippen LogP contribution in [0.15, 0.2) is 18.2 Å². The van der Waals surface area contributed by atoms with Gasteiger partial charge in [-0.1, -0.05) is 50.9 Å². The van der Waals surface area contributed by atoms with Crippen molar-refractivity contribution < 1.29 is 59.9 Å². The Bertz CT molecular complexity index is 1900. The van der Waals surface area contributed by atoms with Crippen LogP contribution in [0.5, 0.6) is 0 Å². The largest absolute Gasteiger partial charge is 0.403 e. The molecular formula is C44H64Cl2F6N8O7. The number of nitrogens with zero attached hydrogens (tertiary/aromatic N) is 2. The zero-order valence-corrected chi connectivity index (χ0v) is 40.2. The minimum Gasteiger partial charge on any atom is -0.354 e. The van der Waals surface area contributed by atoms with Gasteiger partial charge < -0.3 is 41.7 Å². The van der Waals surface area contributed by atoms with Crippen molar-refractivity contribution in [2.45, 2.75) is 153 Å². The molecule has 1 heterocycles. The van der Waals surface area contributed by atoms with Crippen molar-refractivity contribution in [1.82, 2.24) is 41.7 Å². The highest BCUT2D eigenvalue weighted by atomic mass is 35.5. The Morgan fingerprint density at radius 1 is 0.910 bits per heavy atom. The summed E-state index contributed by atoms with van der Waals surface area (Å²) >= 11 is 12.8. The molecular weight excluding hydrogens is 937 g/mol. The Morgan fingerprint density at radius 2 is 1.57 bits per heavy atom. The topological polar surface area (TPSA) is 198 Å². The molecule has 1 aromatic carbocycles. The Balaban J connectivity index is 2.00. The molecule has 3 rings (SSSR count). The maximum Gasteiger partial charge on any atom is 0.403 e. The monoisotopic (exact) mass is 1000 g/mol. The molecule has 67 heavy (non-hydrogen) atoms. The molecule has 0 unspecified atom stereocenters. The van der Waals surface area contributed by atoms with Crippen molar-refractivity contribution in [3.8, 4) is 0 Å². The molecule has 0 bridgehead atoms. The molecule has 1 aromatic rings. The van der Waals surface area contributed by atoms with Gasteiger partial charge in [0.15, 0.2) is 0 Å². The first-order valence-electron chi connectivity index (χ1n) is 22.6. The molecule has 1 saturated carbocycles. The number of halogens is 8. The highest BCUT2D eigenvalue weighted by molar-refractivity contribution is 6.33. The lowest BCUT2D eigenvalue weighted by atomic mass is 9.98. The van der Waals surface area contributed by atoms with Gasteiger partial charge in [0.25, 0.3) is 0 Å². The molecule has 2 aliphatic rings. The predicted molar refractivity (Wildman–Crippen MR) is 238 cm³/mol. The van der Waals surface area contributed by atoms with Gasteiger partial charge in [0.2, 0.25) is 41.4 Å². The summed E-state index contributed by atoms with van der Waals surface area (Å²) in [5.41, 5.74) is -2.22. The van der Waals surface area contributed by atoms with Crippen LogP contribution in [-0.4, -0.2) is 133 Å². The van der Waals surface area contributed by atoms with E-state index in [0.29, 0.717) is 10.6 Å². The summed E-state index contributed by atoms with van der Waals surface area (Å²) in [5, 5.41) is 15.8. The minimum absolute atomic E-state index is 0.0264. The fraction of sp³-hybridized carbons (Fsp3) is 0.705. The number of alkyl halides is 6. The second-order valence-corrected chi connectivity index (χ2v) is 18.5. The van der Waals surface area contributed by atoms with E-state index in [1.807, 2.05) is 0 Å². The van der Waals surface area contributed by atoms with Crippen LogP contribution in [0.1, 0.15) is 104 Å². The number of carbonyl (C=O) groups is 7. The van der Waals surface area contributed by atoms with Crippen LogP contribution in [0.3, 0.4) is 0 Å². The molecule has 6 atom stereocenters. The number of hydrogen-bond acceptors (Lipinski definition) is 8. The van der Waals surface area contributed by atoms with E-state index in [-0.39, 0.29) is 88.2 Å². The van der Waals surface area contributed by atoms with Crippen LogP contribution in [0.4, 0.5) is 26.3 Å². The number of likely N-dealkylation sites (N-methyl/N-ethyl adjacent to an activating group) is 2. The van der Waals surface area contributed by atoms with Gasteiger partial charge in [-0.25, -0.2) is 0 Å². The average Bonchev–Trinajstić information content (AvgIpc) is 4.08. The van der Waals surface area contributed by atoms with Crippen LogP contribution in [0.25, 0.3) is 0 Å². The predicted octanol–water partition coefficient (Wildman–Crippen LogP) is 4.96. The van der Waals surface area contributed by atoms with Gasteiger partial charge in [0.1, 0.15) is 41.7 Å². The van der Waals surface area contributed by atoms with Crippen LogP contribution >= 0.6 is 23.2 Å². The molecule has 0 spiro atoms. The third-order valence-electron chi connectivity index (χ3n) is 12.0. The highest BCUT2D eigenvalue weighted by Crippen LogP contribution is 2.57. The Labute approximate surface area is 397 Å². The van der Waals surface area contributed by atoms with E-state index >= 15 is 0 Å². The van der Waals surface area contributed by atoms with Crippen molar-refractivity contribution in [1.29, 1.82) is 0 Å². The van der Waals surface area contributed by atoms with Crippen LogP contribution < -0.4 is 31.9 Å². The third kappa shape index (κ3) is 16.7. The fourth-order valence-electron chi connectivity index (χ4n) is 7.76. The zero-order chi connectivity index (χ0) is 50.4. The van der Waals surface area contributed by atoms with Gasteiger partial charge in [0.05, 0.1) is 6.54 Å². The molecule has 2 fully saturated rings. The summed E-state index contributed by atoms with van der Waals surface area (Å²) in [7, 11) is 2.65. The standard InChI is InChI=1S/C44H64Cl2F6N8O7/c1-7-29-35(61)54-20-12-10-14-33(37(63)57-32(21-25(3)4)40(66)60(6)34(38(64)55-29)23-26-22-27(45)15-16-28(26)46)59(5)39(65)31(13-9-11-19-53-24-43(47,48)49)56-36(62)30(8-2)58-41(67)42(17-18-42)44(50,51)52/h15-16,22,25,29-34,53H,7-14,17-21,23-24H2,1-6H3,(H,54,61)(H,55,64)(H,56,62)(H,57,63)(H,58,67)/t29-,30+,31+,32+,33+,34+/m1/s1. The molecule has 1 aliphatic heterocycles. The Hall–Kier alpha value is -4.37. The van der Waals surface area contributed by atoms with Crippen molar-refractivity contribution in [3.05, 3.63) is 33.8 Å². The van der Waals surface area contributed by atoms with Gasteiger partial charge in [0, 0.05) is 37.1 Å². The molecule has 15 nitrogen and oxygen atoms in total. The van der Waals surface area contributed by atoms with Gasteiger partial charge in [-0.2, -0.15) is 26.3 Å². The van der Waals surface area contributed by atoms with Crippen molar-refractivity contribution in [3.63, 3.8) is 0 Å². The quantitative estimate of drug-likeness (QED) is 0.0877. The maximum absolute atomic E-state index is 14.5. The van der Waals surface area contributed by atoms with Crippen molar-refractivity contribution >= 4 is 64.6 Å². The van der Waals surface area contributed by atoms with Gasteiger partial charge in [-0.3, -0.25) is 33.6 Å². The van der Waals surface area contributed by atoms with E-state index in [2.05, 4.69) is 31.9 Å². The van der Waals surface area contributed by atoms with Crippen LogP contribution in [0.2, 0.25) is 10.0 Å². The summed E-state index contributed by atoms with van der Waals surface area (Å²) in [4.78, 5) is 99.6. The number of unbranched alkanes of at least 4 members (excludes halogenated alkanes) is 1. The van der Waals surface area contributed by atoms with Crippen molar-refractivity contribution in [2.75, 3.05) is 33.7 Å². The van der Waals surface area contributed by atoms with E-state index in [1.165, 1.54) is 27.1 Å². The van der Waals surface area contributed by atoms with E-state index < -0.39 is 115 Å². The number of carbonyl (C=O) groups excluding carboxylic acids is 7. The molecule has 23 heteroatoms. The summed E-state index contributed by atoms with van der Waals surface area (Å²) in [6, 6.07) is -3.19. The smallest absolute Gasteiger partial charge is 0.354 e. The molecule has 7 amide bonds. The minimum atomic E-state index is -4.86. The first kappa shape index (κ1) is 57.0. The molecule has 1 saturated heterocycles. The maximum atomic E-state index is 14.5. The number of amides is 7. The van der Waals surface area contributed by atoms with Gasteiger partial charge in [-0.05, 0) is 107 Å². The molecule has 1 aliphatic carbocycles. The van der Waals surface area contributed by atoms with E-state index in [9.17, 15) is 59.9 Å². The third-order valence-corrected chi connectivity index (χ3v) is 12.6. The summed E-state index contributed by atoms with van der Waals surface area (Å²) in [6.07, 6.45) is -9.81. The molecule has 0 aromatic heterocycles. The summed E-state index contributed by atoms with van der Waals surface area (Å²) in [5.74, 6) is -6.09. The van der Waals surface area contributed by atoms with Crippen LogP contribution in [-0.2, 0) is 40.0 Å². The second-order valence-electron chi connectivity index (χ2n) is 17.7. The molecule has 0 radical (unpaired) electrons. The average molecular weight is 1000 g/mol. The molecule has 378 valence electrons. The Kier molecular flexibility index (Phi) is 21.5. The fourth-order valence-corrected chi connectivity index (χ4v) is 8.15. The van der Waals surface area contributed by atoms with Gasteiger partial charge in [-0.15, -0.1) is 0 Å². The lowest BCUT2D eigenvalue weighted by molar-refractivity contribution is -0.193. The van der Waals surface area contributed by atoms with Crippen molar-refractivity contribution in [2.24, 2.45) is 11.3 Å². The van der Waals surface area contributed by atoms with E-state index in [0.717, 1.165) is 9.80 Å². The highest BCUT2D eigenvalue weighted by Gasteiger charge is 2.68. The molecule has 6 N–H and O–H groups in total. The number of hydrogen-bond donors (Lipinski definition) is 6. The lowest BCUT2D eigenvalue weighted by Crippen LogP contribution is -2.60. The second kappa shape index (κ2) is 25.3. The first-order valence-corrected chi connectivity index (χ1v) is 23.3. The zero-order valence-electron chi connectivity index (χ0n) is 38.7. The first-order chi connectivity index (χ1) is 31.3. The van der Waals surface area contributed by atoms with E-state index in [1.54, 1.807) is 32.9 Å². The van der Waals surface area contributed by atoms with Crippen LogP contribution in [0, 0.1) is 11.3 Å².